The molecule has 1 amide bonds. The molecule has 33 heavy (non-hydrogen) atoms. The van der Waals surface area contributed by atoms with Gasteiger partial charge in [0.05, 0.1) is 6.04 Å². The molecule has 1 saturated heterocycles. The van der Waals surface area contributed by atoms with Crippen molar-refractivity contribution in [2.24, 2.45) is 7.05 Å². The Kier molecular flexibility index (Phi) is 6.65. The maximum atomic E-state index is 13.2. The van der Waals surface area contributed by atoms with E-state index in [9.17, 15) is 14.7 Å². The van der Waals surface area contributed by atoms with Gasteiger partial charge in [-0.25, -0.2) is 4.79 Å². The minimum absolute atomic E-state index is 0.0437. The summed E-state index contributed by atoms with van der Waals surface area (Å²) in [7, 11) is 1.74. The molecule has 4 rings (SSSR count). The number of carbonyl (C=O) groups excluding carboxylic acids is 1. The van der Waals surface area contributed by atoms with E-state index in [1.807, 2.05) is 66.9 Å². The predicted molar refractivity (Wildman–Crippen MR) is 128 cm³/mol. The summed E-state index contributed by atoms with van der Waals surface area (Å²) >= 11 is 0. The summed E-state index contributed by atoms with van der Waals surface area (Å²) in [4.78, 5) is 26.6. The number of aliphatic hydroxyl groups is 1. The molecule has 3 aromatic rings. The Morgan fingerprint density at radius 2 is 1.70 bits per heavy atom. The molecule has 2 aromatic carbocycles. The van der Waals surface area contributed by atoms with Crippen LogP contribution in [0, 0.1) is 0 Å². The summed E-state index contributed by atoms with van der Waals surface area (Å²) in [6.07, 6.45) is 3.22. The van der Waals surface area contributed by atoms with E-state index in [4.69, 9.17) is 4.74 Å². The molecule has 6 nitrogen and oxygen atoms in total. The third-order valence-electron chi connectivity index (χ3n) is 6.57. The average molecular weight is 447 g/mol. The van der Waals surface area contributed by atoms with Gasteiger partial charge < -0.3 is 19.3 Å². The SMILES string of the molecule is CC[C@@H](c1ccc(-c2ccc(=O)n(C)c2)cc1)N1CCC(CCO)(c2ccccc2)OC1=O. The van der Waals surface area contributed by atoms with Crippen molar-refractivity contribution < 1.29 is 14.6 Å². The second-order valence-corrected chi connectivity index (χ2v) is 8.56. The number of aromatic nitrogens is 1. The van der Waals surface area contributed by atoms with Crippen LogP contribution < -0.4 is 5.56 Å². The molecule has 1 aliphatic rings. The van der Waals surface area contributed by atoms with E-state index in [0.717, 1.165) is 28.7 Å². The first-order valence-corrected chi connectivity index (χ1v) is 11.4. The summed E-state index contributed by atoms with van der Waals surface area (Å²) in [5.74, 6) is 0. The third-order valence-corrected chi connectivity index (χ3v) is 6.57. The number of ether oxygens (including phenoxy) is 1. The number of rotatable bonds is 7. The van der Waals surface area contributed by atoms with Crippen molar-refractivity contribution in [3.05, 3.63) is 94.4 Å². The van der Waals surface area contributed by atoms with Crippen molar-refractivity contribution in [3.8, 4) is 11.1 Å². The van der Waals surface area contributed by atoms with Crippen LogP contribution in [0.2, 0.25) is 0 Å². The molecule has 172 valence electrons. The van der Waals surface area contributed by atoms with Gasteiger partial charge in [0, 0.05) is 45.3 Å². The molecular weight excluding hydrogens is 416 g/mol. The molecule has 2 heterocycles. The van der Waals surface area contributed by atoms with Gasteiger partial charge in [-0.2, -0.15) is 0 Å². The minimum atomic E-state index is -0.797. The topological polar surface area (TPSA) is 71.8 Å². The first-order valence-electron chi connectivity index (χ1n) is 11.4. The van der Waals surface area contributed by atoms with Crippen LogP contribution in [-0.4, -0.2) is 33.8 Å². The van der Waals surface area contributed by atoms with Crippen LogP contribution in [-0.2, 0) is 17.4 Å². The first kappa shape index (κ1) is 22.8. The highest BCUT2D eigenvalue weighted by molar-refractivity contribution is 5.70. The molecule has 2 atom stereocenters. The van der Waals surface area contributed by atoms with E-state index in [2.05, 4.69) is 6.92 Å². The Bertz CT molecular complexity index is 1160. The number of aliphatic hydroxyl groups excluding tert-OH is 1. The number of hydrogen-bond donors (Lipinski definition) is 1. The highest BCUT2D eigenvalue weighted by Crippen LogP contribution is 2.40. The number of cyclic esters (lactones) is 1. The normalized spacial score (nSPS) is 19.2. The second-order valence-electron chi connectivity index (χ2n) is 8.56. The van der Waals surface area contributed by atoms with Crippen LogP contribution in [0.15, 0.2) is 77.7 Å². The Morgan fingerprint density at radius 1 is 1.00 bits per heavy atom. The molecule has 0 aliphatic carbocycles. The van der Waals surface area contributed by atoms with Crippen molar-refractivity contribution in [2.45, 2.75) is 37.8 Å². The molecular formula is C27H30N2O4. The van der Waals surface area contributed by atoms with Crippen LogP contribution in [0.3, 0.4) is 0 Å². The van der Waals surface area contributed by atoms with Gasteiger partial charge >= 0.3 is 6.09 Å². The molecule has 0 spiro atoms. The Hall–Kier alpha value is -3.38. The van der Waals surface area contributed by atoms with Crippen molar-refractivity contribution >= 4 is 6.09 Å². The lowest BCUT2D eigenvalue weighted by molar-refractivity contribution is -0.0734. The van der Waals surface area contributed by atoms with Crippen molar-refractivity contribution in [1.82, 2.24) is 9.47 Å². The summed E-state index contributed by atoms with van der Waals surface area (Å²) in [5, 5.41) is 9.66. The van der Waals surface area contributed by atoms with E-state index in [1.165, 1.54) is 0 Å². The molecule has 6 heteroatoms. The molecule has 0 radical (unpaired) electrons. The first-order chi connectivity index (χ1) is 16.0. The molecule has 1 fully saturated rings. The van der Waals surface area contributed by atoms with E-state index >= 15 is 0 Å². The van der Waals surface area contributed by atoms with Crippen LogP contribution in [0.1, 0.15) is 43.4 Å². The van der Waals surface area contributed by atoms with Gasteiger partial charge in [0.1, 0.15) is 5.60 Å². The van der Waals surface area contributed by atoms with Crippen LogP contribution in [0.25, 0.3) is 11.1 Å². The third kappa shape index (κ3) is 4.57. The highest BCUT2D eigenvalue weighted by atomic mass is 16.6. The number of amides is 1. The average Bonchev–Trinajstić information content (AvgIpc) is 2.84. The van der Waals surface area contributed by atoms with E-state index in [-0.39, 0.29) is 24.3 Å². The van der Waals surface area contributed by atoms with Gasteiger partial charge in [-0.15, -0.1) is 0 Å². The van der Waals surface area contributed by atoms with E-state index < -0.39 is 5.60 Å². The van der Waals surface area contributed by atoms with Crippen molar-refractivity contribution in [3.63, 3.8) is 0 Å². The lowest BCUT2D eigenvalue weighted by Gasteiger charge is -2.44. The molecule has 1 unspecified atom stereocenters. The Balaban J connectivity index is 1.55. The molecule has 1 aliphatic heterocycles. The lowest BCUT2D eigenvalue weighted by Crippen LogP contribution is -2.49. The standard InChI is InChI=1S/C27H30N2O4/c1-3-24(21-11-9-20(10-12-21)22-13-14-25(31)28(2)19-22)29-17-15-27(16-18-30,33-26(29)32)23-7-5-4-6-8-23/h4-14,19,24,30H,3,15-18H2,1-2H3/t24-,27?/m0/s1. The van der Waals surface area contributed by atoms with Crippen LogP contribution in [0.5, 0.6) is 0 Å². The number of aryl methyl sites for hydroxylation is 1. The lowest BCUT2D eigenvalue weighted by atomic mass is 9.85. The quantitative estimate of drug-likeness (QED) is 0.575. The summed E-state index contributed by atoms with van der Waals surface area (Å²) in [6, 6.07) is 21.1. The molecule has 1 N–H and O–H groups in total. The van der Waals surface area contributed by atoms with Gasteiger partial charge in [0.15, 0.2) is 0 Å². The van der Waals surface area contributed by atoms with Gasteiger partial charge in [0.2, 0.25) is 5.56 Å². The Labute approximate surface area is 194 Å². The summed E-state index contributed by atoms with van der Waals surface area (Å²) in [5.41, 5.74) is 3.09. The predicted octanol–water partition coefficient (Wildman–Crippen LogP) is 4.62. The highest BCUT2D eigenvalue weighted by Gasteiger charge is 2.43. The fraction of sp³-hybridized carbons (Fsp3) is 0.333. The molecule has 1 aromatic heterocycles. The zero-order valence-electron chi connectivity index (χ0n) is 19.1. The maximum absolute atomic E-state index is 13.2. The summed E-state index contributed by atoms with van der Waals surface area (Å²) in [6.45, 7) is 2.56. The number of carbonyl (C=O) groups is 1. The van der Waals surface area contributed by atoms with Gasteiger partial charge in [-0.1, -0.05) is 61.5 Å². The fourth-order valence-corrected chi connectivity index (χ4v) is 4.70. The molecule has 0 bridgehead atoms. The van der Waals surface area contributed by atoms with Crippen LogP contribution >= 0.6 is 0 Å². The van der Waals surface area contributed by atoms with Gasteiger partial charge in [0.25, 0.3) is 0 Å². The maximum Gasteiger partial charge on any atom is 0.411 e. The number of pyridine rings is 1. The van der Waals surface area contributed by atoms with Gasteiger partial charge in [-0.3, -0.25) is 4.79 Å². The van der Waals surface area contributed by atoms with E-state index in [1.54, 1.807) is 22.6 Å². The zero-order valence-corrected chi connectivity index (χ0v) is 19.1. The largest absolute Gasteiger partial charge is 0.438 e. The monoisotopic (exact) mass is 446 g/mol. The zero-order chi connectivity index (χ0) is 23.4. The van der Waals surface area contributed by atoms with Crippen molar-refractivity contribution in [1.29, 1.82) is 0 Å². The van der Waals surface area contributed by atoms with Crippen molar-refractivity contribution in [2.75, 3.05) is 13.2 Å². The number of nitrogens with zero attached hydrogens (tertiary/aromatic N) is 2. The smallest absolute Gasteiger partial charge is 0.411 e. The van der Waals surface area contributed by atoms with Gasteiger partial charge in [-0.05, 0) is 34.7 Å². The molecule has 0 saturated carbocycles. The number of benzene rings is 2. The number of hydrogen-bond acceptors (Lipinski definition) is 4. The summed E-state index contributed by atoms with van der Waals surface area (Å²) < 4.78 is 7.59. The second kappa shape index (κ2) is 9.63. The fourth-order valence-electron chi connectivity index (χ4n) is 4.70. The Morgan fingerprint density at radius 3 is 2.30 bits per heavy atom. The minimum Gasteiger partial charge on any atom is -0.438 e. The van der Waals surface area contributed by atoms with Crippen LogP contribution in [0.4, 0.5) is 4.79 Å². The van der Waals surface area contributed by atoms with E-state index in [0.29, 0.717) is 19.4 Å².